The van der Waals surface area contributed by atoms with E-state index in [0.29, 0.717) is 6.54 Å². The molecule has 0 spiro atoms. The molecule has 17 heavy (non-hydrogen) atoms. The molecule has 0 aromatic heterocycles. The zero-order chi connectivity index (χ0) is 12.5. The number of rotatable bonds is 4. The van der Waals surface area contributed by atoms with Crippen molar-refractivity contribution in [2.75, 3.05) is 6.54 Å². The molecule has 3 N–H and O–H groups in total. The van der Waals surface area contributed by atoms with Crippen LogP contribution in [0.4, 0.5) is 0 Å². The summed E-state index contributed by atoms with van der Waals surface area (Å²) in [7, 11) is 0. The zero-order valence-corrected chi connectivity index (χ0v) is 10.1. The van der Waals surface area contributed by atoms with Gasteiger partial charge in [-0.1, -0.05) is 36.2 Å². The highest BCUT2D eigenvalue weighted by molar-refractivity contribution is 5.77. The summed E-state index contributed by atoms with van der Waals surface area (Å²) in [5, 5.41) is 9.45. The normalized spacial score (nSPS) is 19.4. The van der Waals surface area contributed by atoms with Crippen molar-refractivity contribution < 1.29 is 9.90 Å². The first-order valence-electron chi connectivity index (χ1n) is 6.10. The number of carbonyl (C=O) groups is 1. The molecule has 1 aliphatic rings. The maximum Gasteiger partial charge on any atom is 0.310 e. The van der Waals surface area contributed by atoms with E-state index in [1.54, 1.807) is 0 Å². The lowest BCUT2D eigenvalue weighted by molar-refractivity contribution is -0.156. The van der Waals surface area contributed by atoms with Crippen LogP contribution in [-0.2, 0) is 4.79 Å². The number of carboxylic acid groups (broad SMARTS) is 1. The Labute approximate surface area is 102 Å². The van der Waals surface area contributed by atoms with E-state index in [1.165, 1.54) is 5.56 Å². The molecule has 0 unspecified atom stereocenters. The molecular weight excluding hydrogens is 214 g/mol. The van der Waals surface area contributed by atoms with E-state index in [0.717, 1.165) is 24.8 Å². The summed E-state index contributed by atoms with van der Waals surface area (Å²) in [6.45, 7) is 2.42. The minimum atomic E-state index is -0.695. The van der Waals surface area contributed by atoms with Crippen LogP contribution in [0.1, 0.15) is 36.3 Å². The van der Waals surface area contributed by atoms with E-state index in [2.05, 4.69) is 0 Å². The highest BCUT2D eigenvalue weighted by Gasteiger charge is 2.50. The molecule has 0 amide bonds. The molecule has 1 aromatic carbocycles. The summed E-state index contributed by atoms with van der Waals surface area (Å²) in [5.74, 6) is -0.755. The Balaban J connectivity index is 2.32. The van der Waals surface area contributed by atoms with Crippen molar-refractivity contribution in [2.45, 2.75) is 32.1 Å². The molecule has 1 atom stereocenters. The molecule has 1 aliphatic carbocycles. The first-order valence-corrected chi connectivity index (χ1v) is 6.10. The number of carboxylic acids is 1. The van der Waals surface area contributed by atoms with E-state index in [1.807, 2.05) is 31.2 Å². The van der Waals surface area contributed by atoms with Crippen molar-refractivity contribution in [2.24, 2.45) is 11.1 Å². The van der Waals surface area contributed by atoms with Crippen LogP contribution in [0, 0.1) is 12.3 Å². The number of hydrogen-bond acceptors (Lipinski definition) is 2. The van der Waals surface area contributed by atoms with Gasteiger partial charge in [-0.3, -0.25) is 4.79 Å². The largest absolute Gasteiger partial charge is 0.481 e. The van der Waals surface area contributed by atoms with Crippen LogP contribution in [0.5, 0.6) is 0 Å². The van der Waals surface area contributed by atoms with Crippen molar-refractivity contribution in [3.05, 3.63) is 35.4 Å². The third-order valence-corrected chi connectivity index (χ3v) is 4.05. The molecule has 2 rings (SSSR count). The number of aryl methyl sites for hydroxylation is 1. The van der Waals surface area contributed by atoms with Crippen LogP contribution < -0.4 is 5.73 Å². The molecule has 3 heteroatoms. The van der Waals surface area contributed by atoms with E-state index in [9.17, 15) is 9.90 Å². The molecule has 3 nitrogen and oxygen atoms in total. The van der Waals surface area contributed by atoms with Gasteiger partial charge in [-0.25, -0.2) is 0 Å². The van der Waals surface area contributed by atoms with Gasteiger partial charge >= 0.3 is 5.97 Å². The van der Waals surface area contributed by atoms with Crippen LogP contribution in [-0.4, -0.2) is 17.6 Å². The van der Waals surface area contributed by atoms with E-state index in [-0.39, 0.29) is 5.92 Å². The van der Waals surface area contributed by atoms with Crippen LogP contribution in [0.2, 0.25) is 0 Å². The molecule has 0 saturated heterocycles. The summed E-state index contributed by atoms with van der Waals surface area (Å²) in [6.07, 6.45) is 2.49. The average Bonchev–Trinajstić information content (AvgIpc) is 2.24. The first kappa shape index (κ1) is 12.1. The minimum Gasteiger partial charge on any atom is -0.481 e. The van der Waals surface area contributed by atoms with Gasteiger partial charge in [-0.15, -0.1) is 0 Å². The van der Waals surface area contributed by atoms with Crippen molar-refractivity contribution in [3.63, 3.8) is 0 Å². The highest BCUT2D eigenvalue weighted by Crippen LogP contribution is 2.51. The van der Waals surface area contributed by atoms with Crippen molar-refractivity contribution >= 4 is 5.97 Å². The summed E-state index contributed by atoms with van der Waals surface area (Å²) in [6, 6.07) is 8.06. The second-order valence-corrected chi connectivity index (χ2v) is 5.01. The highest BCUT2D eigenvalue weighted by atomic mass is 16.4. The standard InChI is InChI=1S/C14H19NO2/c1-10-3-5-11(6-4-10)12(9-15)14(13(16)17)7-2-8-14/h3-6,12H,2,7-9,15H2,1H3,(H,16,17)/t12-/m1/s1. The Morgan fingerprint density at radius 1 is 1.41 bits per heavy atom. The SMILES string of the molecule is Cc1ccc([C@@H](CN)C2(C(=O)O)CCC2)cc1. The van der Waals surface area contributed by atoms with Gasteiger partial charge in [0.1, 0.15) is 0 Å². The molecule has 1 saturated carbocycles. The zero-order valence-electron chi connectivity index (χ0n) is 10.1. The van der Waals surface area contributed by atoms with Crippen molar-refractivity contribution in [1.82, 2.24) is 0 Å². The number of nitrogens with two attached hydrogens (primary N) is 1. The Morgan fingerprint density at radius 3 is 2.35 bits per heavy atom. The van der Waals surface area contributed by atoms with Gasteiger partial charge in [0.25, 0.3) is 0 Å². The third-order valence-electron chi connectivity index (χ3n) is 4.05. The maximum atomic E-state index is 11.5. The quantitative estimate of drug-likeness (QED) is 0.838. The van der Waals surface area contributed by atoms with Gasteiger partial charge in [0.15, 0.2) is 0 Å². The predicted molar refractivity (Wildman–Crippen MR) is 66.9 cm³/mol. The Kier molecular flexibility index (Phi) is 3.20. The van der Waals surface area contributed by atoms with Crippen LogP contribution in [0.15, 0.2) is 24.3 Å². The van der Waals surface area contributed by atoms with Crippen LogP contribution in [0.3, 0.4) is 0 Å². The fourth-order valence-corrected chi connectivity index (χ4v) is 2.75. The fourth-order valence-electron chi connectivity index (χ4n) is 2.75. The second kappa shape index (κ2) is 4.49. The molecule has 0 bridgehead atoms. The van der Waals surface area contributed by atoms with E-state index < -0.39 is 11.4 Å². The van der Waals surface area contributed by atoms with Crippen LogP contribution >= 0.6 is 0 Å². The summed E-state index contributed by atoms with van der Waals surface area (Å²) in [5.41, 5.74) is 7.43. The van der Waals surface area contributed by atoms with Gasteiger partial charge < -0.3 is 10.8 Å². The summed E-state index contributed by atoms with van der Waals surface area (Å²) < 4.78 is 0. The van der Waals surface area contributed by atoms with Crippen molar-refractivity contribution in [3.8, 4) is 0 Å². The number of benzene rings is 1. The molecule has 1 fully saturated rings. The van der Waals surface area contributed by atoms with Gasteiger partial charge in [0.2, 0.25) is 0 Å². The number of hydrogen-bond donors (Lipinski definition) is 2. The average molecular weight is 233 g/mol. The van der Waals surface area contributed by atoms with Gasteiger partial charge in [-0.05, 0) is 25.3 Å². The molecular formula is C14H19NO2. The fraction of sp³-hybridized carbons (Fsp3) is 0.500. The molecule has 92 valence electrons. The lowest BCUT2D eigenvalue weighted by Gasteiger charge is -2.44. The molecule has 0 heterocycles. The topological polar surface area (TPSA) is 63.3 Å². The Hall–Kier alpha value is -1.35. The van der Waals surface area contributed by atoms with E-state index >= 15 is 0 Å². The maximum absolute atomic E-state index is 11.5. The molecule has 0 aliphatic heterocycles. The third kappa shape index (κ3) is 1.95. The monoisotopic (exact) mass is 233 g/mol. The van der Waals surface area contributed by atoms with Crippen molar-refractivity contribution in [1.29, 1.82) is 0 Å². The Morgan fingerprint density at radius 2 is 2.00 bits per heavy atom. The molecule has 1 aromatic rings. The minimum absolute atomic E-state index is 0.0608. The summed E-state index contributed by atoms with van der Waals surface area (Å²) in [4.78, 5) is 11.5. The van der Waals surface area contributed by atoms with Crippen LogP contribution in [0.25, 0.3) is 0 Å². The lowest BCUT2D eigenvalue weighted by Crippen LogP contribution is -2.45. The predicted octanol–water partition coefficient (Wildman–Crippen LogP) is 2.29. The van der Waals surface area contributed by atoms with Gasteiger partial charge in [0.05, 0.1) is 5.41 Å². The van der Waals surface area contributed by atoms with Gasteiger partial charge in [-0.2, -0.15) is 0 Å². The first-order chi connectivity index (χ1) is 8.10. The summed E-state index contributed by atoms with van der Waals surface area (Å²) >= 11 is 0. The molecule has 0 radical (unpaired) electrons. The Bertz CT molecular complexity index is 407. The number of aliphatic carboxylic acids is 1. The second-order valence-electron chi connectivity index (χ2n) is 5.01. The lowest BCUT2D eigenvalue weighted by atomic mass is 9.59. The van der Waals surface area contributed by atoms with Gasteiger partial charge in [0, 0.05) is 12.5 Å². The smallest absolute Gasteiger partial charge is 0.310 e. The van der Waals surface area contributed by atoms with E-state index in [4.69, 9.17) is 5.73 Å².